The van der Waals surface area contributed by atoms with Gasteiger partial charge in [0, 0.05) is 32.8 Å². The number of hydrogen-bond acceptors (Lipinski definition) is 4. The normalized spacial score (nSPS) is 29.4. The summed E-state index contributed by atoms with van der Waals surface area (Å²) < 4.78 is 10.5. The zero-order valence-corrected chi connectivity index (χ0v) is 11.2. The molecule has 2 saturated heterocycles. The van der Waals surface area contributed by atoms with Crippen LogP contribution in [-0.2, 0) is 14.3 Å². The van der Waals surface area contributed by atoms with Crippen molar-refractivity contribution < 1.29 is 14.3 Å². The van der Waals surface area contributed by atoms with Gasteiger partial charge in [-0.15, -0.1) is 0 Å². The Balaban J connectivity index is 1.79. The smallest absolute Gasteiger partial charge is 0.223 e. The number of methoxy groups -OCH3 is 1. The maximum absolute atomic E-state index is 12.1. The van der Waals surface area contributed by atoms with E-state index in [1.807, 2.05) is 0 Å². The molecule has 0 spiro atoms. The average molecular weight is 256 g/mol. The van der Waals surface area contributed by atoms with Crippen LogP contribution in [0.1, 0.15) is 25.7 Å². The minimum Gasteiger partial charge on any atom is -0.383 e. The summed E-state index contributed by atoms with van der Waals surface area (Å²) in [5, 5.41) is 6.55. The van der Waals surface area contributed by atoms with Crippen molar-refractivity contribution in [2.45, 2.75) is 31.2 Å². The molecule has 2 rings (SSSR count). The molecule has 1 unspecified atom stereocenters. The second kappa shape index (κ2) is 6.50. The number of ether oxygens (including phenoxy) is 2. The molecular formula is C13H24N2O3. The quantitative estimate of drug-likeness (QED) is 0.742. The van der Waals surface area contributed by atoms with Gasteiger partial charge in [-0.1, -0.05) is 0 Å². The summed E-state index contributed by atoms with van der Waals surface area (Å²) in [6.45, 7) is 3.74. The fourth-order valence-electron chi connectivity index (χ4n) is 2.83. The molecule has 0 aromatic carbocycles. The average Bonchev–Trinajstić information content (AvgIpc) is 2.87. The van der Waals surface area contributed by atoms with E-state index in [4.69, 9.17) is 9.47 Å². The van der Waals surface area contributed by atoms with Crippen LogP contribution in [0.2, 0.25) is 0 Å². The molecule has 0 saturated carbocycles. The van der Waals surface area contributed by atoms with Crippen molar-refractivity contribution in [2.75, 3.05) is 40.0 Å². The highest BCUT2D eigenvalue weighted by Gasteiger charge is 2.34. The molecule has 18 heavy (non-hydrogen) atoms. The maximum Gasteiger partial charge on any atom is 0.223 e. The first-order chi connectivity index (χ1) is 8.76. The molecule has 0 aliphatic carbocycles. The number of carbonyl (C=O) groups excluding carboxylic acids is 1. The predicted octanol–water partition coefficient (Wildman–Crippen LogP) is 0.298. The van der Waals surface area contributed by atoms with Gasteiger partial charge in [0.1, 0.15) is 0 Å². The minimum absolute atomic E-state index is 0.0599. The van der Waals surface area contributed by atoms with Crippen LogP contribution >= 0.6 is 0 Å². The van der Waals surface area contributed by atoms with E-state index in [1.165, 1.54) is 0 Å². The second-order valence-electron chi connectivity index (χ2n) is 5.35. The summed E-state index contributed by atoms with van der Waals surface area (Å²) >= 11 is 0. The molecule has 2 N–H and O–H groups in total. The van der Waals surface area contributed by atoms with Crippen molar-refractivity contribution in [3.63, 3.8) is 0 Å². The molecule has 2 aliphatic rings. The second-order valence-corrected chi connectivity index (χ2v) is 5.35. The summed E-state index contributed by atoms with van der Waals surface area (Å²) in [5.41, 5.74) is -0.0599. The van der Waals surface area contributed by atoms with Crippen LogP contribution in [0, 0.1) is 5.92 Å². The minimum atomic E-state index is -0.0599. The Morgan fingerprint density at radius 2 is 2.28 bits per heavy atom. The Kier molecular flexibility index (Phi) is 4.97. The summed E-state index contributed by atoms with van der Waals surface area (Å²) in [7, 11) is 1.71. The largest absolute Gasteiger partial charge is 0.383 e. The lowest BCUT2D eigenvalue weighted by molar-refractivity contribution is -0.128. The third-order valence-corrected chi connectivity index (χ3v) is 3.95. The van der Waals surface area contributed by atoms with Gasteiger partial charge in [0.05, 0.1) is 12.1 Å². The van der Waals surface area contributed by atoms with Gasteiger partial charge in [-0.2, -0.15) is 0 Å². The molecule has 2 heterocycles. The summed E-state index contributed by atoms with van der Waals surface area (Å²) in [4.78, 5) is 12.1. The molecule has 1 amide bonds. The summed E-state index contributed by atoms with van der Waals surface area (Å²) in [6, 6.07) is 0. The van der Waals surface area contributed by atoms with E-state index in [-0.39, 0.29) is 17.4 Å². The monoisotopic (exact) mass is 256 g/mol. The number of carbonyl (C=O) groups is 1. The zero-order chi connectivity index (χ0) is 12.8. The first-order valence-corrected chi connectivity index (χ1v) is 6.85. The van der Waals surface area contributed by atoms with E-state index in [2.05, 4.69) is 10.6 Å². The Bertz CT molecular complexity index is 271. The van der Waals surface area contributed by atoms with Crippen LogP contribution in [0.4, 0.5) is 0 Å². The molecule has 0 radical (unpaired) electrons. The molecular weight excluding hydrogens is 232 g/mol. The van der Waals surface area contributed by atoms with Crippen LogP contribution in [0.15, 0.2) is 0 Å². The molecule has 5 nitrogen and oxygen atoms in total. The van der Waals surface area contributed by atoms with Crippen LogP contribution in [0.5, 0.6) is 0 Å². The highest BCUT2D eigenvalue weighted by Crippen LogP contribution is 2.20. The van der Waals surface area contributed by atoms with Crippen molar-refractivity contribution >= 4 is 5.91 Å². The lowest BCUT2D eigenvalue weighted by atomic mass is 9.96. The van der Waals surface area contributed by atoms with Crippen molar-refractivity contribution in [2.24, 2.45) is 5.92 Å². The third kappa shape index (κ3) is 3.43. The number of rotatable bonds is 5. The summed E-state index contributed by atoms with van der Waals surface area (Å²) in [5.74, 6) is 0.294. The van der Waals surface area contributed by atoms with Crippen LogP contribution in [-0.4, -0.2) is 51.5 Å². The van der Waals surface area contributed by atoms with E-state index in [1.54, 1.807) is 7.11 Å². The van der Waals surface area contributed by atoms with E-state index in [0.29, 0.717) is 26.4 Å². The molecule has 2 aliphatic heterocycles. The fraction of sp³-hybridized carbons (Fsp3) is 0.923. The van der Waals surface area contributed by atoms with Crippen molar-refractivity contribution in [3.05, 3.63) is 0 Å². The van der Waals surface area contributed by atoms with E-state index >= 15 is 0 Å². The molecule has 5 heteroatoms. The molecule has 0 aromatic heterocycles. The van der Waals surface area contributed by atoms with Gasteiger partial charge in [0.25, 0.3) is 0 Å². The van der Waals surface area contributed by atoms with Crippen LogP contribution in [0.3, 0.4) is 0 Å². The fourth-order valence-corrected chi connectivity index (χ4v) is 2.83. The summed E-state index contributed by atoms with van der Waals surface area (Å²) in [6.07, 6.45) is 3.90. The number of nitrogens with one attached hydrogen (secondary N) is 2. The Morgan fingerprint density at radius 1 is 1.50 bits per heavy atom. The number of hydrogen-bond donors (Lipinski definition) is 2. The Morgan fingerprint density at radius 3 is 2.89 bits per heavy atom. The van der Waals surface area contributed by atoms with Gasteiger partial charge in [-0.3, -0.25) is 4.79 Å². The Labute approximate surface area is 109 Å². The SMILES string of the molecule is COCC1(CNC(=O)C2CCOCC2)CCCN1. The lowest BCUT2D eigenvalue weighted by Crippen LogP contribution is -2.53. The lowest BCUT2D eigenvalue weighted by Gasteiger charge is -2.30. The van der Waals surface area contributed by atoms with E-state index in [9.17, 15) is 4.79 Å². The van der Waals surface area contributed by atoms with Crippen molar-refractivity contribution in [3.8, 4) is 0 Å². The molecule has 0 aromatic rings. The van der Waals surface area contributed by atoms with Gasteiger partial charge in [-0.25, -0.2) is 0 Å². The first kappa shape index (κ1) is 13.8. The van der Waals surface area contributed by atoms with Crippen LogP contribution < -0.4 is 10.6 Å². The van der Waals surface area contributed by atoms with Gasteiger partial charge in [0.15, 0.2) is 0 Å². The van der Waals surface area contributed by atoms with E-state index < -0.39 is 0 Å². The van der Waals surface area contributed by atoms with E-state index in [0.717, 1.165) is 32.2 Å². The predicted molar refractivity (Wildman–Crippen MR) is 68.4 cm³/mol. The van der Waals surface area contributed by atoms with Crippen molar-refractivity contribution in [1.29, 1.82) is 0 Å². The molecule has 104 valence electrons. The van der Waals surface area contributed by atoms with Gasteiger partial charge in [-0.05, 0) is 32.2 Å². The Hall–Kier alpha value is -0.650. The standard InChI is InChI=1S/C13H24N2O3/c1-17-10-13(5-2-6-15-13)9-14-12(16)11-3-7-18-8-4-11/h11,15H,2-10H2,1H3,(H,14,16). The van der Waals surface area contributed by atoms with Gasteiger partial charge >= 0.3 is 0 Å². The topological polar surface area (TPSA) is 59.6 Å². The molecule has 2 fully saturated rings. The number of amides is 1. The first-order valence-electron chi connectivity index (χ1n) is 6.85. The van der Waals surface area contributed by atoms with Crippen LogP contribution in [0.25, 0.3) is 0 Å². The van der Waals surface area contributed by atoms with Gasteiger partial charge < -0.3 is 20.1 Å². The third-order valence-electron chi connectivity index (χ3n) is 3.95. The maximum atomic E-state index is 12.1. The van der Waals surface area contributed by atoms with Gasteiger partial charge in [0.2, 0.25) is 5.91 Å². The molecule has 0 bridgehead atoms. The highest BCUT2D eigenvalue weighted by molar-refractivity contribution is 5.78. The zero-order valence-electron chi connectivity index (χ0n) is 11.2. The highest BCUT2D eigenvalue weighted by atomic mass is 16.5. The van der Waals surface area contributed by atoms with Crippen molar-refractivity contribution in [1.82, 2.24) is 10.6 Å². The molecule has 1 atom stereocenters.